The van der Waals surface area contributed by atoms with Gasteiger partial charge in [0.25, 0.3) is 0 Å². The molecule has 0 saturated heterocycles. The Labute approximate surface area is 354 Å². The lowest BCUT2D eigenvalue weighted by Crippen LogP contribution is -2.26. The number of fused-ring (bicyclic) bond motifs is 17. The number of nitrogens with zero attached hydrogens (tertiary/aromatic N) is 1. The van der Waals surface area contributed by atoms with Crippen LogP contribution in [0.15, 0.2) is 200 Å². The summed E-state index contributed by atoms with van der Waals surface area (Å²) in [6.07, 6.45) is 0. The maximum atomic E-state index is 2.46. The highest BCUT2D eigenvalue weighted by Crippen LogP contribution is 2.66. The van der Waals surface area contributed by atoms with Gasteiger partial charge in [-0.15, -0.1) is 11.3 Å². The Morgan fingerprint density at radius 2 is 0.983 bits per heavy atom. The third-order valence-corrected chi connectivity index (χ3v) is 15.0. The van der Waals surface area contributed by atoms with Crippen LogP contribution in [0.5, 0.6) is 0 Å². The molecule has 10 aromatic rings. The Hall–Kier alpha value is -7.00. The molecule has 0 saturated carbocycles. The van der Waals surface area contributed by atoms with E-state index in [9.17, 15) is 0 Å². The first kappa shape index (κ1) is 33.9. The van der Waals surface area contributed by atoms with E-state index < -0.39 is 5.41 Å². The van der Waals surface area contributed by atoms with Crippen molar-refractivity contribution in [2.45, 2.75) is 24.7 Å². The van der Waals surface area contributed by atoms with Gasteiger partial charge >= 0.3 is 0 Å². The molecule has 0 aliphatic heterocycles. The summed E-state index contributed by atoms with van der Waals surface area (Å²) in [6, 6.07) is 75.3. The largest absolute Gasteiger partial charge is 0.310 e. The second-order valence-electron chi connectivity index (χ2n) is 17.2. The SMILES string of the molecule is CC1(C)c2ccccc2-c2ccc(N(c3ccccc3)c3cccc(-c4cccc5c4C4(c6ccccc6-5)c5ccccc5-c5c4ccc4sc6ccccc6c54)c3)cc21. The minimum atomic E-state index is -0.485. The zero-order valence-corrected chi connectivity index (χ0v) is 34.2. The number of para-hydroxylation sites is 1. The molecule has 0 radical (unpaired) electrons. The van der Waals surface area contributed by atoms with Crippen LogP contribution in [0.4, 0.5) is 17.1 Å². The van der Waals surface area contributed by atoms with Crippen LogP contribution < -0.4 is 4.90 Å². The van der Waals surface area contributed by atoms with Crippen molar-refractivity contribution < 1.29 is 0 Å². The smallest absolute Gasteiger partial charge is 0.0731 e. The van der Waals surface area contributed by atoms with Crippen LogP contribution in [0.1, 0.15) is 47.2 Å². The van der Waals surface area contributed by atoms with Gasteiger partial charge in [0.1, 0.15) is 0 Å². The van der Waals surface area contributed by atoms with Crippen molar-refractivity contribution in [2.24, 2.45) is 0 Å². The molecule has 3 aliphatic rings. The second kappa shape index (κ2) is 12.3. The lowest BCUT2D eigenvalue weighted by atomic mass is 9.68. The van der Waals surface area contributed by atoms with E-state index in [1.54, 1.807) is 0 Å². The van der Waals surface area contributed by atoms with Crippen LogP contribution in [0, 0.1) is 0 Å². The van der Waals surface area contributed by atoms with Gasteiger partial charge < -0.3 is 4.90 Å². The molecule has 1 atom stereocenters. The predicted molar refractivity (Wildman–Crippen MR) is 253 cm³/mol. The molecule has 0 fully saturated rings. The Balaban J connectivity index is 1.05. The third kappa shape index (κ3) is 4.36. The Kier molecular flexibility index (Phi) is 6.94. The Bertz CT molecular complexity index is 3420. The zero-order chi connectivity index (χ0) is 39.7. The number of hydrogen-bond donors (Lipinski definition) is 0. The molecule has 9 aromatic carbocycles. The van der Waals surface area contributed by atoms with Crippen molar-refractivity contribution in [3.8, 4) is 44.5 Å². The van der Waals surface area contributed by atoms with Crippen LogP contribution in [-0.4, -0.2) is 0 Å². The van der Waals surface area contributed by atoms with E-state index in [0.717, 1.165) is 17.1 Å². The molecule has 1 spiro atoms. The van der Waals surface area contributed by atoms with E-state index in [1.165, 1.54) is 98.1 Å². The number of benzene rings is 9. The summed E-state index contributed by atoms with van der Waals surface area (Å²) in [7, 11) is 0. The summed E-state index contributed by atoms with van der Waals surface area (Å²) < 4.78 is 2.68. The molecule has 60 heavy (non-hydrogen) atoms. The van der Waals surface area contributed by atoms with Gasteiger partial charge in [0.05, 0.1) is 5.41 Å². The number of anilines is 3. The molecule has 3 aliphatic carbocycles. The average Bonchev–Trinajstić information content (AvgIpc) is 3.99. The van der Waals surface area contributed by atoms with Gasteiger partial charge in [-0.05, 0) is 126 Å². The molecule has 0 amide bonds. The molecule has 282 valence electrons. The van der Waals surface area contributed by atoms with Crippen LogP contribution in [0.2, 0.25) is 0 Å². The quantitative estimate of drug-likeness (QED) is 0.172. The third-order valence-electron chi connectivity index (χ3n) is 13.9. The Morgan fingerprint density at radius 1 is 0.383 bits per heavy atom. The summed E-state index contributed by atoms with van der Waals surface area (Å²) in [4.78, 5) is 2.44. The van der Waals surface area contributed by atoms with E-state index in [1.807, 2.05) is 11.3 Å². The van der Waals surface area contributed by atoms with Crippen LogP contribution in [0.3, 0.4) is 0 Å². The molecule has 1 nitrogen and oxygen atoms in total. The Morgan fingerprint density at radius 3 is 1.82 bits per heavy atom. The first-order valence-corrected chi connectivity index (χ1v) is 21.8. The standard InChI is InChI=1S/C58H39NS/c1-57(2)47-26-10-6-20-41(47)43-31-30-39(35-51(43)57)59(37-17-4-3-5-18-37)38-19-14-16-36(34-38)40-24-15-25-44-42-21-7-11-27-48(42)58(56(40)44)49-28-12-8-22-45(49)54-50(58)32-33-53-55(54)46-23-9-13-29-52(46)60-53/h3-35H,1-2H3. The van der Waals surface area contributed by atoms with Gasteiger partial charge in [-0.25, -0.2) is 0 Å². The number of thiophene rings is 1. The van der Waals surface area contributed by atoms with Gasteiger partial charge in [0, 0.05) is 42.6 Å². The van der Waals surface area contributed by atoms with Crippen molar-refractivity contribution in [3.05, 3.63) is 234 Å². The fourth-order valence-corrected chi connectivity index (χ4v) is 12.5. The van der Waals surface area contributed by atoms with Gasteiger partial charge in [-0.1, -0.05) is 166 Å². The van der Waals surface area contributed by atoms with Gasteiger partial charge in [-0.3, -0.25) is 0 Å². The van der Waals surface area contributed by atoms with E-state index in [4.69, 9.17) is 0 Å². The van der Waals surface area contributed by atoms with E-state index >= 15 is 0 Å². The van der Waals surface area contributed by atoms with E-state index in [-0.39, 0.29) is 5.41 Å². The molecular weight excluding hydrogens is 743 g/mol. The van der Waals surface area contributed by atoms with Crippen LogP contribution >= 0.6 is 11.3 Å². The minimum Gasteiger partial charge on any atom is -0.310 e. The summed E-state index contributed by atoms with van der Waals surface area (Å²) in [6.45, 7) is 4.73. The minimum absolute atomic E-state index is 0.102. The highest BCUT2D eigenvalue weighted by Gasteiger charge is 2.53. The van der Waals surface area contributed by atoms with Crippen molar-refractivity contribution in [1.82, 2.24) is 0 Å². The van der Waals surface area contributed by atoms with Gasteiger partial charge in [-0.2, -0.15) is 0 Å². The fourth-order valence-electron chi connectivity index (χ4n) is 11.4. The summed E-state index contributed by atoms with van der Waals surface area (Å²) in [5.41, 5.74) is 21.6. The molecule has 1 unspecified atom stereocenters. The topological polar surface area (TPSA) is 3.24 Å². The molecular formula is C58H39NS. The molecule has 1 aromatic heterocycles. The highest BCUT2D eigenvalue weighted by atomic mass is 32.1. The normalized spacial score (nSPS) is 16.0. The molecule has 0 bridgehead atoms. The summed E-state index contributed by atoms with van der Waals surface area (Å²) in [5.74, 6) is 0. The maximum Gasteiger partial charge on any atom is 0.0731 e. The summed E-state index contributed by atoms with van der Waals surface area (Å²) in [5, 5.41) is 2.72. The van der Waals surface area contributed by atoms with Crippen molar-refractivity contribution in [2.75, 3.05) is 4.90 Å². The molecule has 2 heteroatoms. The lowest BCUT2D eigenvalue weighted by molar-refractivity contribution is 0.660. The zero-order valence-electron chi connectivity index (χ0n) is 33.4. The predicted octanol–water partition coefficient (Wildman–Crippen LogP) is 15.8. The van der Waals surface area contributed by atoms with E-state index in [2.05, 4.69) is 219 Å². The molecule has 13 rings (SSSR count). The van der Waals surface area contributed by atoms with Gasteiger partial charge in [0.2, 0.25) is 0 Å². The lowest BCUT2D eigenvalue weighted by Gasteiger charge is -2.32. The van der Waals surface area contributed by atoms with Gasteiger partial charge in [0.15, 0.2) is 0 Å². The maximum absolute atomic E-state index is 2.46. The highest BCUT2D eigenvalue weighted by molar-refractivity contribution is 7.26. The number of rotatable bonds is 4. The molecule has 0 N–H and O–H groups in total. The monoisotopic (exact) mass is 781 g/mol. The van der Waals surface area contributed by atoms with Crippen molar-refractivity contribution in [3.63, 3.8) is 0 Å². The van der Waals surface area contributed by atoms with Crippen molar-refractivity contribution >= 4 is 48.6 Å². The second-order valence-corrected chi connectivity index (χ2v) is 18.2. The van der Waals surface area contributed by atoms with Crippen LogP contribution in [-0.2, 0) is 10.8 Å². The van der Waals surface area contributed by atoms with Crippen molar-refractivity contribution in [1.29, 1.82) is 0 Å². The number of hydrogen-bond acceptors (Lipinski definition) is 2. The van der Waals surface area contributed by atoms with Crippen LogP contribution in [0.25, 0.3) is 64.7 Å². The molecule has 1 heterocycles. The summed E-state index contributed by atoms with van der Waals surface area (Å²) >= 11 is 1.90. The first-order chi connectivity index (χ1) is 29.5. The first-order valence-electron chi connectivity index (χ1n) is 21.0. The average molecular weight is 782 g/mol. The fraction of sp³-hybridized carbons (Fsp3) is 0.0690. The van der Waals surface area contributed by atoms with E-state index in [0.29, 0.717) is 0 Å².